The Kier molecular flexibility index (Phi) is 4.96. The molecule has 0 amide bonds. The van der Waals surface area contributed by atoms with Crippen LogP contribution in [0.2, 0.25) is 0 Å². The lowest BCUT2D eigenvalue weighted by Gasteiger charge is -2.10. The molecule has 0 radical (unpaired) electrons. The van der Waals surface area contributed by atoms with Gasteiger partial charge in [0.1, 0.15) is 5.69 Å². The summed E-state index contributed by atoms with van der Waals surface area (Å²) in [6, 6.07) is 0. The van der Waals surface area contributed by atoms with Crippen LogP contribution in [0.25, 0.3) is 0 Å². The van der Waals surface area contributed by atoms with Crippen molar-refractivity contribution in [3.63, 3.8) is 0 Å². The molecule has 2 N–H and O–H groups in total. The van der Waals surface area contributed by atoms with Crippen molar-refractivity contribution >= 4 is 11.7 Å². The number of ether oxygens (including phenoxy) is 2. The molecule has 0 aliphatic heterocycles. The maximum Gasteiger partial charge on any atom is 0.305 e. The standard InChI is InChI=1S/C11H11F4NO3/c1-18-5(17)3-2-4-19-11-8(14)6(12)10(16)7(13)9(11)15/h2-4,16H2,1H3. The van der Waals surface area contributed by atoms with Gasteiger partial charge in [-0.1, -0.05) is 0 Å². The van der Waals surface area contributed by atoms with Crippen LogP contribution in [0, 0.1) is 23.3 Å². The molecule has 0 unspecified atom stereocenters. The zero-order valence-electron chi connectivity index (χ0n) is 9.94. The first-order valence-electron chi connectivity index (χ1n) is 5.21. The second-order valence-corrected chi connectivity index (χ2v) is 3.53. The van der Waals surface area contributed by atoms with E-state index in [4.69, 9.17) is 5.73 Å². The van der Waals surface area contributed by atoms with E-state index in [-0.39, 0.29) is 19.4 Å². The van der Waals surface area contributed by atoms with Gasteiger partial charge in [-0.3, -0.25) is 4.79 Å². The molecule has 0 fully saturated rings. The third-order valence-electron chi connectivity index (χ3n) is 2.26. The first-order valence-corrected chi connectivity index (χ1v) is 5.21. The lowest BCUT2D eigenvalue weighted by molar-refractivity contribution is -0.140. The third-order valence-corrected chi connectivity index (χ3v) is 2.26. The molecule has 0 bridgehead atoms. The van der Waals surface area contributed by atoms with Gasteiger partial charge in [-0.05, 0) is 6.42 Å². The lowest BCUT2D eigenvalue weighted by Crippen LogP contribution is -2.10. The highest BCUT2D eigenvalue weighted by Crippen LogP contribution is 2.31. The average molecular weight is 281 g/mol. The SMILES string of the molecule is COC(=O)CCCOc1c(F)c(F)c(N)c(F)c1F. The number of esters is 1. The van der Waals surface area contributed by atoms with Crippen LogP contribution in [0.5, 0.6) is 5.75 Å². The zero-order valence-corrected chi connectivity index (χ0v) is 9.94. The van der Waals surface area contributed by atoms with E-state index >= 15 is 0 Å². The molecule has 0 aliphatic carbocycles. The van der Waals surface area contributed by atoms with E-state index in [0.717, 1.165) is 0 Å². The molecule has 106 valence electrons. The molecule has 8 heteroatoms. The van der Waals surface area contributed by atoms with Crippen molar-refractivity contribution in [3.8, 4) is 5.75 Å². The Labute approximate surface area is 106 Å². The van der Waals surface area contributed by atoms with Crippen molar-refractivity contribution in [2.24, 2.45) is 0 Å². The highest BCUT2D eigenvalue weighted by molar-refractivity contribution is 5.69. The van der Waals surface area contributed by atoms with Crippen molar-refractivity contribution < 1.29 is 31.8 Å². The quantitative estimate of drug-likeness (QED) is 0.295. The van der Waals surface area contributed by atoms with Crippen LogP contribution in [-0.2, 0) is 9.53 Å². The van der Waals surface area contributed by atoms with Crippen LogP contribution >= 0.6 is 0 Å². The third kappa shape index (κ3) is 3.27. The van der Waals surface area contributed by atoms with Gasteiger partial charge in [0.2, 0.25) is 11.6 Å². The number of methoxy groups -OCH3 is 1. The molecule has 1 aromatic carbocycles. The van der Waals surface area contributed by atoms with Crippen molar-refractivity contribution in [1.29, 1.82) is 0 Å². The average Bonchev–Trinajstić information content (AvgIpc) is 2.41. The van der Waals surface area contributed by atoms with Crippen LogP contribution in [0.4, 0.5) is 23.2 Å². The largest absolute Gasteiger partial charge is 0.487 e. The molecule has 1 aromatic rings. The second-order valence-electron chi connectivity index (χ2n) is 3.53. The summed E-state index contributed by atoms with van der Waals surface area (Å²) in [5.41, 5.74) is 3.57. The van der Waals surface area contributed by atoms with Crippen LogP contribution in [0.3, 0.4) is 0 Å². The first kappa shape index (κ1) is 15.1. The minimum Gasteiger partial charge on any atom is -0.487 e. The van der Waals surface area contributed by atoms with Gasteiger partial charge in [-0.2, -0.15) is 8.78 Å². The summed E-state index contributed by atoms with van der Waals surface area (Å²) in [4.78, 5) is 10.7. The second kappa shape index (κ2) is 6.26. The molecule has 0 aromatic heterocycles. The molecule has 0 saturated carbocycles. The molecule has 1 rings (SSSR count). The van der Waals surface area contributed by atoms with Crippen molar-refractivity contribution in [2.45, 2.75) is 12.8 Å². The van der Waals surface area contributed by atoms with Crippen LogP contribution in [-0.4, -0.2) is 19.7 Å². The molecule has 0 aliphatic rings. The Morgan fingerprint density at radius 1 is 1.11 bits per heavy atom. The van der Waals surface area contributed by atoms with E-state index in [9.17, 15) is 22.4 Å². The maximum atomic E-state index is 13.3. The van der Waals surface area contributed by atoms with Gasteiger partial charge in [0.05, 0.1) is 13.7 Å². The molecule has 0 heterocycles. The predicted molar refractivity (Wildman–Crippen MR) is 57.4 cm³/mol. The number of halogens is 4. The van der Waals surface area contributed by atoms with Crippen LogP contribution in [0.15, 0.2) is 0 Å². The van der Waals surface area contributed by atoms with Gasteiger partial charge in [-0.25, -0.2) is 8.78 Å². The van der Waals surface area contributed by atoms with Crippen molar-refractivity contribution in [2.75, 3.05) is 19.5 Å². The maximum absolute atomic E-state index is 13.3. The fraction of sp³-hybridized carbons (Fsp3) is 0.364. The minimum atomic E-state index is -1.72. The van der Waals surface area contributed by atoms with Gasteiger partial charge < -0.3 is 15.2 Å². The Morgan fingerprint density at radius 3 is 2.11 bits per heavy atom. The number of benzene rings is 1. The first-order chi connectivity index (χ1) is 8.90. The van der Waals surface area contributed by atoms with E-state index in [1.165, 1.54) is 7.11 Å². The van der Waals surface area contributed by atoms with E-state index in [2.05, 4.69) is 9.47 Å². The monoisotopic (exact) mass is 281 g/mol. The summed E-state index contributed by atoms with van der Waals surface area (Å²) >= 11 is 0. The van der Waals surface area contributed by atoms with Crippen molar-refractivity contribution in [3.05, 3.63) is 23.3 Å². The molecular formula is C11H11F4NO3. The molecule has 0 spiro atoms. The smallest absolute Gasteiger partial charge is 0.305 e. The summed E-state index contributed by atoms with van der Waals surface area (Å²) in [6.45, 7) is -0.314. The van der Waals surface area contributed by atoms with Gasteiger partial charge in [0.25, 0.3) is 0 Å². The van der Waals surface area contributed by atoms with Gasteiger partial charge in [0, 0.05) is 6.42 Å². The summed E-state index contributed by atoms with van der Waals surface area (Å²) in [6.07, 6.45) is 0.0127. The molecule has 0 atom stereocenters. The predicted octanol–water partition coefficient (Wildman–Crippen LogP) is 2.16. The van der Waals surface area contributed by atoms with Crippen molar-refractivity contribution in [1.82, 2.24) is 0 Å². The summed E-state index contributed by atoms with van der Waals surface area (Å²) < 4.78 is 61.6. The number of rotatable bonds is 5. The van der Waals surface area contributed by atoms with Crippen LogP contribution < -0.4 is 10.5 Å². The molecule has 4 nitrogen and oxygen atoms in total. The number of anilines is 1. The lowest BCUT2D eigenvalue weighted by atomic mass is 10.2. The topological polar surface area (TPSA) is 61.5 Å². The molecular weight excluding hydrogens is 270 g/mol. The summed E-state index contributed by atoms with van der Waals surface area (Å²) in [5, 5.41) is 0. The highest BCUT2D eigenvalue weighted by Gasteiger charge is 2.25. The fourth-order valence-electron chi connectivity index (χ4n) is 1.25. The van der Waals surface area contributed by atoms with E-state index in [0.29, 0.717) is 0 Å². The Hall–Kier alpha value is -1.99. The minimum absolute atomic E-state index is 0.0559. The number of carbonyl (C=O) groups is 1. The fourth-order valence-corrected chi connectivity index (χ4v) is 1.25. The Balaban J connectivity index is 2.77. The van der Waals surface area contributed by atoms with Gasteiger partial charge >= 0.3 is 5.97 Å². The summed E-state index contributed by atoms with van der Waals surface area (Å²) in [5.74, 6) is -8.61. The molecule has 0 saturated heterocycles. The number of hydrogen-bond donors (Lipinski definition) is 1. The molecule has 19 heavy (non-hydrogen) atoms. The van der Waals surface area contributed by atoms with Gasteiger partial charge in [-0.15, -0.1) is 0 Å². The van der Waals surface area contributed by atoms with Gasteiger partial charge in [0.15, 0.2) is 17.4 Å². The number of hydrogen-bond acceptors (Lipinski definition) is 4. The zero-order chi connectivity index (χ0) is 14.6. The van der Waals surface area contributed by atoms with Crippen LogP contribution in [0.1, 0.15) is 12.8 Å². The number of carbonyl (C=O) groups excluding carboxylic acids is 1. The number of nitrogen functional groups attached to an aromatic ring is 1. The Morgan fingerprint density at radius 2 is 1.63 bits per heavy atom. The number of nitrogens with two attached hydrogens (primary N) is 1. The normalized spacial score (nSPS) is 10.4. The van der Waals surface area contributed by atoms with E-state index < -0.39 is 40.7 Å². The highest BCUT2D eigenvalue weighted by atomic mass is 19.2. The van der Waals surface area contributed by atoms with E-state index in [1.807, 2.05) is 0 Å². The summed E-state index contributed by atoms with van der Waals surface area (Å²) in [7, 11) is 1.17. The Bertz CT molecular complexity index is 464. The van der Waals surface area contributed by atoms with E-state index in [1.54, 1.807) is 0 Å².